The molecule has 0 fully saturated rings. The normalized spacial score (nSPS) is 12.2. The molecular weight excluding hydrogens is 168 g/mol. The molecule has 0 spiro atoms. The van der Waals surface area contributed by atoms with Crippen LogP contribution in [0.2, 0.25) is 0 Å². The van der Waals surface area contributed by atoms with Gasteiger partial charge in [0.1, 0.15) is 11.8 Å². The van der Waals surface area contributed by atoms with Crippen molar-refractivity contribution < 1.29 is 9.53 Å². The summed E-state index contributed by atoms with van der Waals surface area (Å²) in [6.07, 6.45) is 3.68. The van der Waals surface area contributed by atoms with Gasteiger partial charge >= 0.3 is 5.97 Å². The predicted octanol–water partition coefficient (Wildman–Crippen LogP) is 0.724. The van der Waals surface area contributed by atoms with E-state index in [4.69, 9.17) is 10.5 Å². The summed E-state index contributed by atoms with van der Waals surface area (Å²) in [6, 6.07) is 2.67. The maximum absolute atomic E-state index is 11.2. The van der Waals surface area contributed by atoms with Crippen LogP contribution in [0.5, 0.6) is 5.75 Å². The Bertz CT molecular complexity index is 274. The van der Waals surface area contributed by atoms with Crippen LogP contribution in [-0.2, 0) is 4.79 Å². The third-order valence-electron chi connectivity index (χ3n) is 1.61. The molecule has 0 bridgehead atoms. The summed E-state index contributed by atoms with van der Waals surface area (Å²) in [5.74, 6) is 0.0672. The van der Waals surface area contributed by atoms with Gasteiger partial charge in [-0.05, 0) is 18.6 Å². The highest BCUT2D eigenvalue weighted by Crippen LogP contribution is 2.07. The third kappa shape index (κ3) is 2.83. The molecule has 4 heteroatoms. The number of aromatic nitrogens is 1. The fourth-order valence-electron chi connectivity index (χ4n) is 0.765. The molecule has 1 heterocycles. The Balaban J connectivity index is 2.55. The van der Waals surface area contributed by atoms with E-state index in [1.165, 1.54) is 0 Å². The highest BCUT2D eigenvalue weighted by atomic mass is 16.5. The number of rotatable bonds is 3. The van der Waals surface area contributed by atoms with E-state index < -0.39 is 12.0 Å². The quantitative estimate of drug-likeness (QED) is 0.696. The lowest BCUT2D eigenvalue weighted by Crippen LogP contribution is -2.33. The van der Waals surface area contributed by atoms with Crippen molar-refractivity contribution in [2.24, 2.45) is 5.73 Å². The fraction of sp³-hybridized carbons (Fsp3) is 0.333. The van der Waals surface area contributed by atoms with E-state index in [9.17, 15) is 4.79 Å². The monoisotopic (exact) mass is 180 g/mol. The zero-order chi connectivity index (χ0) is 9.68. The Hall–Kier alpha value is -1.42. The first-order valence-electron chi connectivity index (χ1n) is 4.11. The van der Waals surface area contributed by atoms with Crippen LogP contribution in [-0.4, -0.2) is 17.0 Å². The minimum Gasteiger partial charge on any atom is -0.425 e. The van der Waals surface area contributed by atoms with Crippen molar-refractivity contribution in [3.8, 4) is 5.75 Å². The summed E-state index contributed by atoms with van der Waals surface area (Å²) in [5.41, 5.74) is 5.47. The summed E-state index contributed by atoms with van der Waals surface area (Å²) in [5, 5.41) is 0. The van der Waals surface area contributed by atoms with Crippen LogP contribution in [0.4, 0.5) is 0 Å². The van der Waals surface area contributed by atoms with Crippen LogP contribution in [0.15, 0.2) is 24.5 Å². The van der Waals surface area contributed by atoms with Gasteiger partial charge in [-0.2, -0.15) is 0 Å². The van der Waals surface area contributed by atoms with Crippen molar-refractivity contribution in [1.82, 2.24) is 4.98 Å². The summed E-state index contributed by atoms with van der Waals surface area (Å²) in [7, 11) is 0. The molecule has 1 rings (SSSR count). The van der Waals surface area contributed by atoms with Gasteiger partial charge in [0.15, 0.2) is 0 Å². The maximum Gasteiger partial charge on any atom is 0.328 e. The fourth-order valence-corrected chi connectivity index (χ4v) is 0.765. The average Bonchev–Trinajstić information content (AvgIpc) is 2.18. The van der Waals surface area contributed by atoms with Gasteiger partial charge in [0.05, 0.1) is 0 Å². The van der Waals surface area contributed by atoms with Crippen molar-refractivity contribution in [3.05, 3.63) is 24.5 Å². The number of pyridine rings is 1. The van der Waals surface area contributed by atoms with Gasteiger partial charge in [-0.15, -0.1) is 0 Å². The van der Waals surface area contributed by atoms with Crippen LogP contribution in [0.1, 0.15) is 13.3 Å². The van der Waals surface area contributed by atoms with E-state index in [-0.39, 0.29) is 0 Å². The third-order valence-corrected chi connectivity index (χ3v) is 1.61. The average molecular weight is 180 g/mol. The molecule has 1 aromatic heterocycles. The number of nitrogens with zero attached hydrogens (tertiary/aromatic N) is 1. The van der Waals surface area contributed by atoms with Gasteiger partial charge in [0, 0.05) is 12.4 Å². The zero-order valence-corrected chi connectivity index (χ0v) is 7.43. The Morgan fingerprint density at radius 2 is 2.23 bits per heavy atom. The maximum atomic E-state index is 11.2. The van der Waals surface area contributed by atoms with Crippen molar-refractivity contribution >= 4 is 5.97 Å². The van der Waals surface area contributed by atoms with Crippen LogP contribution >= 0.6 is 0 Å². The second-order valence-corrected chi connectivity index (χ2v) is 2.62. The molecule has 0 aliphatic rings. The van der Waals surface area contributed by atoms with Crippen LogP contribution < -0.4 is 10.5 Å². The summed E-state index contributed by atoms with van der Waals surface area (Å²) < 4.78 is 4.96. The molecule has 0 amide bonds. The van der Waals surface area contributed by atoms with Gasteiger partial charge in [-0.25, -0.2) is 4.79 Å². The molecule has 0 saturated heterocycles. The second kappa shape index (κ2) is 4.57. The topological polar surface area (TPSA) is 65.2 Å². The highest BCUT2D eigenvalue weighted by molar-refractivity contribution is 5.77. The lowest BCUT2D eigenvalue weighted by atomic mass is 10.2. The molecular formula is C9H12N2O2. The smallest absolute Gasteiger partial charge is 0.328 e. The van der Waals surface area contributed by atoms with Crippen LogP contribution in [0.3, 0.4) is 0 Å². The molecule has 13 heavy (non-hydrogen) atoms. The van der Waals surface area contributed by atoms with E-state index in [0.717, 1.165) is 0 Å². The lowest BCUT2D eigenvalue weighted by molar-refractivity contribution is -0.135. The molecule has 0 aliphatic carbocycles. The predicted molar refractivity (Wildman–Crippen MR) is 48.1 cm³/mol. The molecule has 0 aromatic carbocycles. The number of hydrogen-bond acceptors (Lipinski definition) is 4. The van der Waals surface area contributed by atoms with Gasteiger partial charge in [0.2, 0.25) is 0 Å². The molecule has 0 saturated carbocycles. The highest BCUT2D eigenvalue weighted by Gasteiger charge is 2.12. The number of ether oxygens (including phenoxy) is 1. The minimum absolute atomic E-state index is 0.409. The molecule has 1 aromatic rings. The molecule has 70 valence electrons. The van der Waals surface area contributed by atoms with Gasteiger partial charge < -0.3 is 10.5 Å². The molecule has 4 nitrogen and oxygen atoms in total. The van der Waals surface area contributed by atoms with Crippen molar-refractivity contribution in [2.45, 2.75) is 19.4 Å². The Labute approximate surface area is 76.7 Å². The van der Waals surface area contributed by atoms with Gasteiger partial charge in [-0.1, -0.05) is 6.92 Å². The van der Waals surface area contributed by atoms with Crippen molar-refractivity contribution in [1.29, 1.82) is 0 Å². The summed E-state index contributed by atoms with van der Waals surface area (Å²) in [6.45, 7) is 1.83. The first-order chi connectivity index (χ1) is 6.24. The molecule has 2 N–H and O–H groups in total. The van der Waals surface area contributed by atoms with E-state index >= 15 is 0 Å². The number of esters is 1. The zero-order valence-electron chi connectivity index (χ0n) is 7.43. The Morgan fingerprint density at radius 3 is 2.77 bits per heavy atom. The molecule has 0 unspecified atom stereocenters. The second-order valence-electron chi connectivity index (χ2n) is 2.62. The number of carbonyl (C=O) groups is 1. The first-order valence-corrected chi connectivity index (χ1v) is 4.11. The number of carbonyl (C=O) groups excluding carboxylic acids is 1. The van der Waals surface area contributed by atoms with Crippen molar-refractivity contribution in [3.63, 3.8) is 0 Å². The molecule has 0 aliphatic heterocycles. The summed E-state index contributed by atoms with van der Waals surface area (Å²) in [4.78, 5) is 15.0. The molecule has 0 radical (unpaired) electrons. The SMILES string of the molecule is CC[C@@H](N)C(=O)Oc1ccncc1. The Kier molecular flexibility index (Phi) is 3.40. The lowest BCUT2D eigenvalue weighted by Gasteiger charge is -2.07. The van der Waals surface area contributed by atoms with Gasteiger partial charge in [0.25, 0.3) is 0 Å². The van der Waals surface area contributed by atoms with Gasteiger partial charge in [-0.3, -0.25) is 4.98 Å². The van der Waals surface area contributed by atoms with E-state index in [1.807, 2.05) is 6.92 Å². The van der Waals surface area contributed by atoms with Crippen LogP contribution in [0, 0.1) is 0 Å². The standard InChI is InChI=1S/C9H12N2O2/c1-2-8(10)9(12)13-7-3-5-11-6-4-7/h3-6,8H,2,10H2,1H3/t8-/m1/s1. The molecule has 1 atom stereocenters. The van der Waals surface area contributed by atoms with Crippen molar-refractivity contribution in [2.75, 3.05) is 0 Å². The van der Waals surface area contributed by atoms with E-state index in [1.54, 1.807) is 24.5 Å². The van der Waals surface area contributed by atoms with E-state index in [2.05, 4.69) is 4.98 Å². The largest absolute Gasteiger partial charge is 0.425 e. The Morgan fingerprint density at radius 1 is 1.62 bits per heavy atom. The summed E-state index contributed by atoms with van der Waals surface area (Å²) >= 11 is 0. The van der Waals surface area contributed by atoms with Crippen LogP contribution in [0.25, 0.3) is 0 Å². The number of hydrogen-bond donors (Lipinski definition) is 1. The minimum atomic E-state index is -0.548. The first kappa shape index (κ1) is 9.67. The number of nitrogens with two attached hydrogens (primary N) is 1. The van der Waals surface area contributed by atoms with E-state index in [0.29, 0.717) is 12.2 Å².